The molecule has 2 aliphatic rings. The first-order valence-corrected chi connectivity index (χ1v) is 7.04. The molecule has 82 valence electrons. The Morgan fingerprint density at radius 2 is 2.21 bits per heavy atom. The van der Waals surface area contributed by atoms with E-state index in [-0.39, 0.29) is 5.25 Å². The Kier molecular flexibility index (Phi) is 2.81. The van der Waals surface area contributed by atoms with E-state index < -0.39 is 9.84 Å². The van der Waals surface area contributed by atoms with Crippen LogP contribution in [-0.2, 0) is 14.6 Å². The molecule has 0 saturated carbocycles. The first-order valence-electron chi connectivity index (χ1n) is 5.08. The predicted molar refractivity (Wildman–Crippen MR) is 54.0 cm³/mol. The molecule has 2 aliphatic heterocycles. The topological polar surface area (TPSA) is 49.9 Å². The van der Waals surface area contributed by atoms with Crippen LogP contribution in [0.25, 0.3) is 0 Å². The molecule has 0 radical (unpaired) electrons. The Morgan fingerprint density at radius 1 is 1.50 bits per heavy atom. The van der Waals surface area contributed by atoms with Crippen LogP contribution in [0.4, 0.5) is 0 Å². The minimum Gasteiger partial charge on any atom is -0.372 e. The van der Waals surface area contributed by atoms with Gasteiger partial charge in [-0.25, -0.2) is 8.42 Å². The van der Waals surface area contributed by atoms with Crippen molar-refractivity contribution in [3.63, 3.8) is 0 Å². The molecule has 14 heavy (non-hydrogen) atoms. The van der Waals surface area contributed by atoms with E-state index in [9.17, 15) is 8.42 Å². The zero-order valence-corrected chi connectivity index (χ0v) is 9.29. The summed E-state index contributed by atoms with van der Waals surface area (Å²) in [6.45, 7) is 3.47. The Bertz CT molecular complexity index is 297. The minimum atomic E-state index is -2.86. The smallest absolute Gasteiger partial charge is 0.151 e. The van der Waals surface area contributed by atoms with Crippen molar-refractivity contribution in [2.45, 2.75) is 24.2 Å². The summed E-state index contributed by atoms with van der Waals surface area (Å²) in [6.07, 6.45) is 3.52. The van der Waals surface area contributed by atoms with Gasteiger partial charge in [0.25, 0.3) is 0 Å². The predicted octanol–water partition coefficient (Wildman–Crippen LogP) is -0.106. The molecule has 2 atom stereocenters. The third-order valence-corrected chi connectivity index (χ3v) is 4.53. The third-order valence-electron chi connectivity index (χ3n) is 2.93. The first kappa shape index (κ1) is 10.4. The number of epoxide rings is 1. The fourth-order valence-electron chi connectivity index (χ4n) is 1.99. The average Bonchev–Trinajstić information content (AvgIpc) is 2.87. The normalized spacial score (nSPS) is 34.4. The van der Waals surface area contributed by atoms with Gasteiger partial charge in [0.05, 0.1) is 18.0 Å². The molecule has 0 N–H and O–H groups in total. The summed E-state index contributed by atoms with van der Waals surface area (Å²) in [5, 5.41) is -0.157. The highest BCUT2D eigenvalue weighted by atomic mass is 32.2. The number of piperidine rings is 1. The summed E-state index contributed by atoms with van der Waals surface area (Å²) in [4.78, 5) is 2.22. The Balaban J connectivity index is 1.89. The lowest BCUT2D eigenvalue weighted by Gasteiger charge is -2.31. The van der Waals surface area contributed by atoms with Crippen LogP contribution in [0.15, 0.2) is 0 Å². The van der Waals surface area contributed by atoms with E-state index in [4.69, 9.17) is 4.74 Å². The van der Waals surface area contributed by atoms with Crippen LogP contribution in [0.3, 0.4) is 0 Å². The van der Waals surface area contributed by atoms with Crippen LogP contribution in [0.5, 0.6) is 0 Å². The van der Waals surface area contributed by atoms with Crippen molar-refractivity contribution in [2.24, 2.45) is 0 Å². The Morgan fingerprint density at radius 3 is 2.79 bits per heavy atom. The lowest BCUT2D eigenvalue weighted by atomic mass is 10.1. The number of sulfone groups is 1. The molecule has 1 unspecified atom stereocenters. The number of hydrogen-bond acceptors (Lipinski definition) is 4. The maximum atomic E-state index is 11.4. The van der Waals surface area contributed by atoms with Gasteiger partial charge in [-0.3, -0.25) is 4.90 Å². The molecule has 0 aromatic rings. The number of ether oxygens (including phenoxy) is 1. The van der Waals surface area contributed by atoms with Gasteiger partial charge in [0, 0.05) is 19.3 Å². The minimum absolute atomic E-state index is 0.157. The Hall–Kier alpha value is -0.130. The van der Waals surface area contributed by atoms with Gasteiger partial charge in [-0.15, -0.1) is 0 Å². The molecular weight excluding hydrogens is 202 g/mol. The number of likely N-dealkylation sites (tertiary alicyclic amines) is 1. The molecule has 2 rings (SSSR count). The molecule has 5 heteroatoms. The summed E-state index contributed by atoms with van der Waals surface area (Å²) in [5.74, 6) is 0. The zero-order chi connectivity index (χ0) is 10.2. The second kappa shape index (κ2) is 3.79. The van der Waals surface area contributed by atoms with Crippen LogP contribution in [0.2, 0.25) is 0 Å². The zero-order valence-electron chi connectivity index (χ0n) is 8.48. The molecule has 2 heterocycles. The first-order chi connectivity index (χ1) is 6.55. The summed E-state index contributed by atoms with van der Waals surface area (Å²) in [7, 11) is -2.86. The Labute approximate surface area is 85.1 Å². The van der Waals surface area contributed by atoms with Crippen molar-refractivity contribution >= 4 is 9.84 Å². The highest BCUT2D eigenvalue weighted by molar-refractivity contribution is 7.91. The average molecular weight is 219 g/mol. The van der Waals surface area contributed by atoms with Gasteiger partial charge in [0.2, 0.25) is 0 Å². The number of rotatable bonds is 3. The SMILES string of the molecule is CS(=O)(=O)C1CCCN(C[C@@H]2CO2)C1. The highest BCUT2D eigenvalue weighted by Crippen LogP contribution is 2.19. The van der Waals surface area contributed by atoms with E-state index in [2.05, 4.69) is 4.90 Å². The van der Waals surface area contributed by atoms with Crippen molar-refractivity contribution in [1.82, 2.24) is 4.90 Å². The van der Waals surface area contributed by atoms with Gasteiger partial charge in [0.15, 0.2) is 9.84 Å². The lowest BCUT2D eigenvalue weighted by molar-refractivity contribution is 0.208. The van der Waals surface area contributed by atoms with Crippen molar-refractivity contribution in [2.75, 3.05) is 32.5 Å². The molecule has 2 fully saturated rings. The molecule has 0 aliphatic carbocycles. The third kappa shape index (κ3) is 2.68. The second-order valence-corrected chi connectivity index (χ2v) is 6.63. The van der Waals surface area contributed by atoms with Crippen molar-refractivity contribution in [1.29, 1.82) is 0 Å². The summed E-state index contributed by atoms with van der Waals surface area (Å²) in [5.41, 5.74) is 0. The van der Waals surface area contributed by atoms with Crippen LogP contribution in [0.1, 0.15) is 12.8 Å². The molecule has 4 nitrogen and oxygen atoms in total. The van der Waals surface area contributed by atoms with Gasteiger partial charge >= 0.3 is 0 Å². The second-order valence-electron chi connectivity index (χ2n) is 4.31. The van der Waals surface area contributed by atoms with Crippen molar-refractivity contribution in [3.05, 3.63) is 0 Å². The molecule has 2 saturated heterocycles. The van der Waals surface area contributed by atoms with E-state index in [1.165, 1.54) is 6.26 Å². The highest BCUT2D eigenvalue weighted by Gasteiger charge is 2.31. The molecule has 0 spiro atoms. The molecule has 0 amide bonds. The van der Waals surface area contributed by atoms with Gasteiger partial charge in [0.1, 0.15) is 0 Å². The van der Waals surface area contributed by atoms with Crippen molar-refractivity contribution in [3.8, 4) is 0 Å². The van der Waals surface area contributed by atoms with E-state index in [1.807, 2.05) is 0 Å². The summed E-state index contributed by atoms with van der Waals surface area (Å²) >= 11 is 0. The van der Waals surface area contributed by atoms with Gasteiger partial charge in [-0.1, -0.05) is 0 Å². The van der Waals surface area contributed by atoms with E-state index >= 15 is 0 Å². The van der Waals surface area contributed by atoms with Gasteiger partial charge in [-0.2, -0.15) is 0 Å². The maximum absolute atomic E-state index is 11.4. The monoisotopic (exact) mass is 219 g/mol. The quantitative estimate of drug-likeness (QED) is 0.622. The van der Waals surface area contributed by atoms with E-state index in [0.717, 1.165) is 32.5 Å². The van der Waals surface area contributed by atoms with Crippen LogP contribution in [0, 0.1) is 0 Å². The fraction of sp³-hybridized carbons (Fsp3) is 1.00. The van der Waals surface area contributed by atoms with Crippen molar-refractivity contribution < 1.29 is 13.2 Å². The number of hydrogen-bond donors (Lipinski definition) is 0. The van der Waals surface area contributed by atoms with Crippen LogP contribution < -0.4 is 0 Å². The lowest BCUT2D eigenvalue weighted by Crippen LogP contribution is -2.43. The summed E-state index contributed by atoms with van der Waals surface area (Å²) < 4.78 is 27.9. The van der Waals surface area contributed by atoms with E-state index in [0.29, 0.717) is 12.6 Å². The van der Waals surface area contributed by atoms with Crippen LogP contribution in [-0.4, -0.2) is 57.2 Å². The van der Waals surface area contributed by atoms with Crippen LogP contribution >= 0.6 is 0 Å². The molecule has 0 aromatic carbocycles. The molecule has 0 bridgehead atoms. The fourth-order valence-corrected chi connectivity index (χ4v) is 3.07. The standard InChI is InChI=1S/C9H17NO3S/c1-14(11,12)9-3-2-4-10(6-9)5-8-7-13-8/h8-9H,2-7H2,1H3/t8-,9?/m1/s1. The maximum Gasteiger partial charge on any atom is 0.151 e. The molecule has 0 aromatic heterocycles. The largest absolute Gasteiger partial charge is 0.372 e. The van der Waals surface area contributed by atoms with Gasteiger partial charge in [-0.05, 0) is 19.4 Å². The van der Waals surface area contributed by atoms with E-state index in [1.54, 1.807) is 0 Å². The molecular formula is C9H17NO3S. The van der Waals surface area contributed by atoms with Gasteiger partial charge < -0.3 is 4.74 Å². The number of nitrogens with zero attached hydrogens (tertiary/aromatic N) is 1. The summed E-state index contributed by atoms with van der Waals surface area (Å²) in [6, 6.07) is 0.